The fourth-order valence-corrected chi connectivity index (χ4v) is 2.50. The van der Waals surface area contributed by atoms with E-state index >= 15 is 0 Å². The third-order valence-corrected chi connectivity index (χ3v) is 3.89. The van der Waals surface area contributed by atoms with Gasteiger partial charge in [-0.05, 0) is 30.4 Å². The van der Waals surface area contributed by atoms with Crippen molar-refractivity contribution in [2.45, 2.75) is 24.9 Å². The van der Waals surface area contributed by atoms with Crippen LogP contribution in [0.3, 0.4) is 0 Å². The molecule has 5 nitrogen and oxygen atoms in total. The van der Waals surface area contributed by atoms with E-state index in [0.717, 1.165) is 5.56 Å². The van der Waals surface area contributed by atoms with Crippen LogP contribution < -0.4 is 11.1 Å². The van der Waals surface area contributed by atoms with Gasteiger partial charge >= 0.3 is 0 Å². The Labute approximate surface area is 136 Å². The minimum absolute atomic E-state index is 0. The smallest absolute Gasteiger partial charge is 0.249 e. The van der Waals surface area contributed by atoms with Gasteiger partial charge in [-0.2, -0.15) is 5.10 Å². The molecule has 118 valence electrons. The first-order chi connectivity index (χ1) is 10.3. The number of carbonyl (C=O) groups is 1. The maximum atomic E-state index is 12.6. The normalized spacial score (nSPS) is 16.4. The second-order valence-corrected chi connectivity index (χ2v) is 5.55. The molecule has 1 aromatic heterocycles. The fraction of sp³-hybridized carbons (Fsp3) is 0.375. The number of halogens is 1. The van der Waals surface area contributed by atoms with Gasteiger partial charge in [-0.1, -0.05) is 30.3 Å². The molecular weight excluding hydrogens is 300 g/mol. The van der Waals surface area contributed by atoms with Crippen LogP contribution in [0.5, 0.6) is 0 Å². The van der Waals surface area contributed by atoms with Gasteiger partial charge in [-0.15, -0.1) is 12.4 Å². The quantitative estimate of drug-likeness (QED) is 0.851. The van der Waals surface area contributed by atoms with Gasteiger partial charge in [0.15, 0.2) is 6.04 Å². The lowest BCUT2D eigenvalue weighted by Crippen LogP contribution is -2.42. The van der Waals surface area contributed by atoms with Crippen molar-refractivity contribution >= 4 is 18.3 Å². The molecule has 1 fully saturated rings. The van der Waals surface area contributed by atoms with Crippen molar-refractivity contribution in [3.8, 4) is 0 Å². The Balaban J connectivity index is 0.00000176. The lowest BCUT2D eigenvalue weighted by Gasteiger charge is -2.19. The maximum Gasteiger partial charge on any atom is 0.249 e. The minimum atomic E-state index is -0.451. The number of hydrogen-bond acceptors (Lipinski definition) is 3. The van der Waals surface area contributed by atoms with Gasteiger partial charge in [-0.25, -0.2) is 0 Å². The van der Waals surface area contributed by atoms with Gasteiger partial charge < -0.3 is 11.1 Å². The van der Waals surface area contributed by atoms with Crippen LogP contribution in [0.25, 0.3) is 0 Å². The fourth-order valence-electron chi connectivity index (χ4n) is 2.50. The van der Waals surface area contributed by atoms with Crippen molar-refractivity contribution < 1.29 is 4.79 Å². The third-order valence-electron chi connectivity index (χ3n) is 3.89. The lowest BCUT2D eigenvalue weighted by molar-refractivity contribution is -0.123. The van der Waals surface area contributed by atoms with Gasteiger partial charge in [0, 0.05) is 25.0 Å². The van der Waals surface area contributed by atoms with Crippen molar-refractivity contribution in [1.82, 2.24) is 15.1 Å². The molecule has 1 aliphatic rings. The number of amides is 1. The Morgan fingerprint density at radius 3 is 2.64 bits per heavy atom. The number of hydrogen-bond donors (Lipinski definition) is 2. The van der Waals surface area contributed by atoms with Crippen molar-refractivity contribution in [2.75, 3.05) is 6.54 Å². The lowest BCUT2D eigenvalue weighted by atomic mass is 10.1. The van der Waals surface area contributed by atoms with Crippen molar-refractivity contribution in [3.63, 3.8) is 0 Å². The van der Waals surface area contributed by atoms with E-state index in [0.29, 0.717) is 12.5 Å². The van der Waals surface area contributed by atoms with E-state index in [4.69, 9.17) is 5.73 Å². The predicted molar refractivity (Wildman–Crippen MR) is 87.8 cm³/mol. The second-order valence-electron chi connectivity index (χ2n) is 5.55. The zero-order valence-electron chi connectivity index (χ0n) is 12.3. The molecule has 1 saturated carbocycles. The number of benzene rings is 1. The molecule has 6 heteroatoms. The highest BCUT2D eigenvalue weighted by molar-refractivity contribution is 5.85. The average molecular weight is 321 g/mol. The molecule has 1 aliphatic carbocycles. The SMILES string of the molecule is Cl.NC(CNC(=O)C(c1ccccc1)n1cccn1)C1CC1. The molecule has 22 heavy (non-hydrogen) atoms. The topological polar surface area (TPSA) is 72.9 Å². The number of aromatic nitrogens is 2. The van der Waals surface area contributed by atoms with E-state index in [9.17, 15) is 4.79 Å². The van der Waals surface area contributed by atoms with Crippen LogP contribution in [0, 0.1) is 5.92 Å². The van der Waals surface area contributed by atoms with Crippen molar-refractivity contribution in [1.29, 1.82) is 0 Å². The highest BCUT2D eigenvalue weighted by Gasteiger charge is 2.30. The molecule has 1 heterocycles. The Morgan fingerprint density at radius 2 is 2.05 bits per heavy atom. The molecule has 0 radical (unpaired) electrons. The van der Waals surface area contributed by atoms with Crippen LogP contribution >= 0.6 is 12.4 Å². The van der Waals surface area contributed by atoms with E-state index in [-0.39, 0.29) is 24.4 Å². The summed E-state index contributed by atoms with van der Waals surface area (Å²) in [6, 6.07) is 11.1. The van der Waals surface area contributed by atoms with Crippen LogP contribution in [-0.4, -0.2) is 28.3 Å². The zero-order valence-corrected chi connectivity index (χ0v) is 13.1. The van der Waals surface area contributed by atoms with Gasteiger partial charge in [0.1, 0.15) is 0 Å². The molecule has 1 aromatic carbocycles. The Morgan fingerprint density at radius 1 is 1.32 bits per heavy atom. The number of rotatable bonds is 6. The summed E-state index contributed by atoms with van der Waals surface area (Å²) in [6.07, 6.45) is 5.84. The molecule has 0 aliphatic heterocycles. The monoisotopic (exact) mass is 320 g/mol. The Hall–Kier alpha value is -1.85. The molecule has 0 saturated heterocycles. The van der Waals surface area contributed by atoms with Gasteiger partial charge in [0.2, 0.25) is 5.91 Å². The van der Waals surface area contributed by atoms with E-state index in [2.05, 4.69) is 10.4 Å². The molecular formula is C16H21ClN4O. The number of carbonyl (C=O) groups excluding carboxylic acids is 1. The van der Waals surface area contributed by atoms with Crippen molar-refractivity contribution in [3.05, 3.63) is 54.4 Å². The first kappa shape index (κ1) is 16.5. The summed E-state index contributed by atoms with van der Waals surface area (Å²) in [5.74, 6) is 0.506. The molecule has 3 rings (SSSR count). The molecule has 2 aromatic rings. The predicted octanol–water partition coefficient (Wildman–Crippen LogP) is 1.75. The molecule has 2 unspecified atom stereocenters. The van der Waals surface area contributed by atoms with Crippen molar-refractivity contribution in [2.24, 2.45) is 11.7 Å². The molecule has 2 atom stereocenters. The summed E-state index contributed by atoms with van der Waals surface area (Å²) in [6.45, 7) is 0.522. The minimum Gasteiger partial charge on any atom is -0.352 e. The Kier molecular flexibility index (Phi) is 5.57. The molecule has 1 amide bonds. The summed E-state index contributed by atoms with van der Waals surface area (Å²) in [5.41, 5.74) is 6.96. The van der Waals surface area contributed by atoms with E-state index < -0.39 is 6.04 Å². The summed E-state index contributed by atoms with van der Waals surface area (Å²) in [5, 5.41) is 7.18. The first-order valence-electron chi connectivity index (χ1n) is 7.33. The number of nitrogens with one attached hydrogen (secondary N) is 1. The second kappa shape index (κ2) is 7.42. The zero-order chi connectivity index (χ0) is 14.7. The van der Waals surface area contributed by atoms with Gasteiger partial charge in [0.25, 0.3) is 0 Å². The first-order valence-corrected chi connectivity index (χ1v) is 7.33. The highest BCUT2D eigenvalue weighted by atomic mass is 35.5. The third kappa shape index (κ3) is 3.87. The molecule has 3 N–H and O–H groups in total. The number of nitrogens with two attached hydrogens (primary N) is 1. The molecule has 0 bridgehead atoms. The van der Waals surface area contributed by atoms with Crippen LogP contribution in [0.15, 0.2) is 48.8 Å². The van der Waals surface area contributed by atoms with E-state index in [1.807, 2.05) is 36.4 Å². The van der Waals surface area contributed by atoms with Crippen LogP contribution in [-0.2, 0) is 4.79 Å². The molecule has 0 spiro atoms. The maximum absolute atomic E-state index is 12.6. The Bertz CT molecular complexity index is 583. The average Bonchev–Trinajstić information content (AvgIpc) is 3.24. The standard InChI is InChI=1S/C16H20N4O.ClH/c17-14(12-7-8-12)11-18-16(21)15(20-10-4-9-19-20)13-5-2-1-3-6-13;/h1-6,9-10,12,14-15H,7-8,11,17H2,(H,18,21);1H. The van der Waals surface area contributed by atoms with E-state index in [1.54, 1.807) is 17.1 Å². The number of nitrogens with zero attached hydrogens (tertiary/aromatic N) is 2. The largest absolute Gasteiger partial charge is 0.352 e. The van der Waals surface area contributed by atoms with Crippen LogP contribution in [0.1, 0.15) is 24.4 Å². The highest BCUT2D eigenvalue weighted by Crippen LogP contribution is 2.31. The van der Waals surface area contributed by atoms with Crippen LogP contribution in [0.4, 0.5) is 0 Å². The van der Waals surface area contributed by atoms with Gasteiger partial charge in [0.05, 0.1) is 0 Å². The summed E-state index contributed by atoms with van der Waals surface area (Å²) in [4.78, 5) is 12.6. The van der Waals surface area contributed by atoms with Gasteiger partial charge in [-0.3, -0.25) is 9.48 Å². The van der Waals surface area contributed by atoms with E-state index in [1.165, 1.54) is 12.8 Å². The summed E-state index contributed by atoms with van der Waals surface area (Å²) in [7, 11) is 0. The van der Waals surface area contributed by atoms with Crippen LogP contribution in [0.2, 0.25) is 0 Å². The summed E-state index contributed by atoms with van der Waals surface area (Å²) >= 11 is 0. The summed E-state index contributed by atoms with van der Waals surface area (Å²) < 4.78 is 1.67.